The molecule has 1 N–H and O–H groups in total. The van der Waals surface area contributed by atoms with Gasteiger partial charge in [0.15, 0.2) is 5.69 Å². The van der Waals surface area contributed by atoms with Crippen LogP contribution in [0, 0.1) is 6.92 Å². The summed E-state index contributed by atoms with van der Waals surface area (Å²) in [5.74, 6) is -0.0320. The van der Waals surface area contributed by atoms with Crippen LogP contribution in [0.1, 0.15) is 46.4 Å². The molecule has 0 aliphatic rings. The number of carbonyl (C=O) groups is 1. The van der Waals surface area contributed by atoms with E-state index in [0.29, 0.717) is 12.2 Å². The fourth-order valence-corrected chi connectivity index (χ4v) is 2.69. The van der Waals surface area contributed by atoms with Crippen molar-refractivity contribution in [2.75, 3.05) is 0 Å². The quantitative estimate of drug-likeness (QED) is 0.935. The van der Waals surface area contributed by atoms with E-state index in [0.717, 1.165) is 16.7 Å². The smallest absolute Gasteiger partial charge is 0.341 e. The van der Waals surface area contributed by atoms with Crippen LogP contribution in [0.3, 0.4) is 0 Å². The summed E-state index contributed by atoms with van der Waals surface area (Å²) in [4.78, 5) is 23.5. The van der Waals surface area contributed by atoms with Crippen LogP contribution in [-0.2, 0) is 6.18 Å². The molecular weight excluding hydrogens is 317 g/mol. The lowest BCUT2D eigenvalue weighted by atomic mass is 10.2. The molecule has 0 aliphatic heterocycles. The first-order valence-electron chi connectivity index (χ1n) is 6.44. The highest BCUT2D eigenvalue weighted by atomic mass is 32.1. The minimum atomic E-state index is -4.49. The average Bonchev–Trinajstić information content (AvgIpc) is 2.94. The van der Waals surface area contributed by atoms with Crippen LogP contribution in [0.5, 0.6) is 0 Å². The number of carbonyl (C=O) groups excluding carboxylic acids is 1. The summed E-state index contributed by atoms with van der Waals surface area (Å²) >= 11 is 0.871. The SMILES string of the molecule is CC[C@@H](NC(=O)c1ccnc(C)n1)c1nc(C(F)(F)F)cs1. The van der Waals surface area contributed by atoms with E-state index in [2.05, 4.69) is 20.3 Å². The van der Waals surface area contributed by atoms with Gasteiger partial charge < -0.3 is 5.32 Å². The molecule has 22 heavy (non-hydrogen) atoms. The van der Waals surface area contributed by atoms with Crippen LogP contribution in [0.15, 0.2) is 17.6 Å². The van der Waals surface area contributed by atoms with Crippen LogP contribution < -0.4 is 5.32 Å². The second kappa shape index (κ2) is 6.39. The van der Waals surface area contributed by atoms with Crippen molar-refractivity contribution in [1.82, 2.24) is 20.3 Å². The summed E-state index contributed by atoms with van der Waals surface area (Å²) < 4.78 is 37.7. The third-order valence-electron chi connectivity index (χ3n) is 2.83. The second-order valence-corrected chi connectivity index (χ2v) is 5.38. The van der Waals surface area contributed by atoms with Gasteiger partial charge in [0.1, 0.15) is 16.5 Å². The molecule has 2 aromatic rings. The van der Waals surface area contributed by atoms with E-state index < -0.39 is 23.8 Å². The fourth-order valence-electron chi connectivity index (χ4n) is 1.73. The Balaban J connectivity index is 2.15. The summed E-state index contributed by atoms with van der Waals surface area (Å²) in [6.07, 6.45) is -2.62. The van der Waals surface area contributed by atoms with Crippen LogP contribution in [0.4, 0.5) is 13.2 Å². The molecule has 0 unspecified atom stereocenters. The predicted octanol–water partition coefficient (Wildman–Crippen LogP) is 3.14. The fraction of sp³-hybridized carbons (Fsp3) is 0.385. The van der Waals surface area contributed by atoms with E-state index in [9.17, 15) is 18.0 Å². The van der Waals surface area contributed by atoms with Crippen LogP contribution in [0.25, 0.3) is 0 Å². The van der Waals surface area contributed by atoms with E-state index in [1.807, 2.05) is 0 Å². The van der Waals surface area contributed by atoms with Gasteiger partial charge in [-0.05, 0) is 19.4 Å². The number of amides is 1. The molecular formula is C13H13F3N4OS. The van der Waals surface area contributed by atoms with Crippen molar-refractivity contribution in [2.24, 2.45) is 0 Å². The van der Waals surface area contributed by atoms with E-state index in [1.165, 1.54) is 12.3 Å². The van der Waals surface area contributed by atoms with Crippen molar-refractivity contribution in [1.29, 1.82) is 0 Å². The number of aryl methyl sites for hydroxylation is 1. The molecule has 2 heterocycles. The van der Waals surface area contributed by atoms with E-state index in [-0.39, 0.29) is 10.7 Å². The summed E-state index contributed by atoms with van der Waals surface area (Å²) in [5, 5.41) is 3.80. The molecule has 118 valence electrons. The minimum Gasteiger partial charge on any atom is -0.341 e. The average molecular weight is 330 g/mol. The topological polar surface area (TPSA) is 67.8 Å². The number of rotatable bonds is 4. The zero-order chi connectivity index (χ0) is 16.3. The lowest BCUT2D eigenvalue weighted by Gasteiger charge is -2.14. The minimum absolute atomic E-state index is 0.165. The number of hydrogen-bond donors (Lipinski definition) is 1. The van der Waals surface area contributed by atoms with Gasteiger partial charge >= 0.3 is 6.18 Å². The number of thiazole rings is 1. The maximum absolute atomic E-state index is 12.6. The van der Waals surface area contributed by atoms with Crippen molar-refractivity contribution in [3.8, 4) is 0 Å². The van der Waals surface area contributed by atoms with E-state index >= 15 is 0 Å². The van der Waals surface area contributed by atoms with Gasteiger partial charge in [0.2, 0.25) is 0 Å². The standard InChI is InChI=1S/C13H13F3N4OS/c1-3-8(12-20-10(6-22-12)13(14,15)16)19-11(21)9-4-5-17-7(2)18-9/h4-6,8H,3H2,1-2H3,(H,19,21)/t8-/m1/s1. The van der Waals surface area contributed by atoms with E-state index in [1.54, 1.807) is 13.8 Å². The van der Waals surface area contributed by atoms with Gasteiger partial charge in [0.25, 0.3) is 5.91 Å². The zero-order valence-electron chi connectivity index (χ0n) is 11.8. The number of nitrogens with one attached hydrogen (secondary N) is 1. The Kier molecular flexibility index (Phi) is 4.74. The normalized spacial score (nSPS) is 13.0. The molecule has 2 rings (SSSR count). The van der Waals surface area contributed by atoms with Crippen LogP contribution in [-0.4, -0.2) is 20.9 Å². The van der Waals surface area contributed by atoms with Gasteiger partial charge in [-0.2, -0.15) is 13.2 Å². The summed E-state index contributed by atoms with van der Waals surface area (Å²) in [6.45, 7) is 3.40. The number of halogens is 3. The van der Waals surface area contributed by atoms with Crippen molar-refractivity contribution in [3.05, 3.63) is 39.9 Å². The first kappa shape index (κ1) is 16.3. The highest BCUT2D eigenvalue weighted by molar-refractivity contribution is 7.09. The Morgan fingerprint density at radius 3 is 2.68 bits per heavy atom. The first-order chi connectivity index (χ1) is 10.3. The molecule has 2 aromatic heterocycles. The van der Waals surface area contributed by atoms with Crippen molar-refractivity contribution >= 4 is 17.2 Å². The number of aromatic nitrogens is 3. The molecule has 0 aliphatic carbocycles. The molecule has 5 nitrogen and oxygen atoms in total. The number of nitrogens with zero attached hydrogens (tertiary/aromatic N) is 3. The predicted molar refractivity (Wildman–Crippen MR) is 74.4 cm³/mol. The van der Waals surface area contributed by atoms with Crippen molar-refractivity contribution in [2.45, 2.75) is 32.5 Å². The molecule has 0 saturated carbocycles. The summed E-state index contributed by atoms with van der Waals surface area (Å²) in [7, 11) is 0. The number of alkyl halides is 3. The maximum Gasteiger partial charge on any atom is 0.434 e. The first-order valence-corrected chi connectivity index (χ1v) is 7.32. The monoisotopic (exact) mass is 330 g/mol. The number of hydrogen-bond acceptors (Lipinski definition) is 5. The third kappa shape index (κ3) is 3.79. The van der Waals surface area contributed by atoms with Gasteiger partial charge in [-0.3, -0.25) is 4.79 Å². The van der Waals surface area contributed by atoms with Crippen molar-refractivity contribution < 1.29 is 18.0 Å². The molecule has 0 saturated heterocycles. The molecule has 1 amide bonds. The van der Waals surface area contributed by atoms with Crippen molar-refractivity contribution in [3.63, 3.8) is 0 Å². The largest absolute Gasteiger partial charge is 0.434 e. The Morgan fingerprint density at radius 1 is 1.41 bits per heavy atom. The Bertz CT molecular complexity index is 671. The van der Waals surface area contributed by atoms with Gasteiger partial charge in [0, 0.05) is 11.6 Å². The summed E-state index contributed by atoms with van der Waals surface area (Å²) in [5.41, 5.74) is -0.781. The lowest BCUT2D eigenvalue weighted by molar-refractivity contribution is -0.140. The van der Waals surface area contributed by atoms with Crippen LogP contribution >= 0.6 is 11.3 Å². The summed E-state index contributed by atoms with van der Waals surface area (Å²) in [6, 6.07) is 0.849. The highest BCUT2D eigenvalue weighted by Gasteiger charge is 2.34. The zero-order valence-corrected chi connectivity index (χ0v) is 12.6. The molecule has 0 radical (unpaired) electrons. The molecule has 0 spiro atoms. The van der Waals surface area contributed by atoms with Crippen LogP contribution in [0.2, 0.25) is 0 Å². The Morgan fingerprint density at radius 2 is 2.14 bits per heavy atom. The molecule has 1 atom stereocenters. The molecule has 0 aromatic carbocycles. The molecule has 9 heteroatoms. The maximum atomic E-state index is 12.6. The molecule has 0 bridgehead atoms. The lowest BCUT2D eigenvalue weighted by Crippen LogP contribution is -2.29. The van der Waals surface area contributed by atoms with Gasteiger partial charge in [-0.25, -0.2) is 15.0 Å². The van der Waals surface area contributed by atoms with Gasteiger partial charge in [-0.15, -0.1) is 11.3 Å². The van der Waals surface area contributed by atoms with Gasteiger partial charge in [-0.1, -0.05) is 6.92 Å². The Hall–Kier alpha value is -2.03. The highest BCUT2D eigenvalue weighted by Crippen LogP contribution is 2.32. The second-order valence-electron chi connectivity index (χ2n) is 4.49. The Labute approximate surface area is 128 Å². The molecule has 0 fully saturated rings. The van der Waals surface area contributed by atoms with E-state index in [4.69, 9.17) is 0 Å². The van der Waals surface area contributed by atoms with Gasteiger partial charge in [0.05, 0.1) is 6.04 Å². The third-order valence-corrected chi connectivity index (χ3v) is 3.79.